The minimum absolute atomic E-state index is 0.774. The predicted molar refractivity (Wildman–Crippen MR) is 82.4 cm³/mol. The van der Waals surface area contributed by atoms with Gasteiger partial charge in [0, 0.05) is 6.04 Å². The molecule has 0 radical (unpaired) electrons. The molecule has 1 aromatic carbocycles. The van der Waals surface area contributed by atoms with Crippen LogP contribution in [-0.2, 0) is 0 Å². The summed E-state index contributed by atoms with van der Waals surface area (Å²) in [7, 11) is 0. The summed E-state index contributed by atoms with van der Waals surface area (Å²) in [6, 6.07) is 11.7. The van der Waals surface area contributed by atoms with E-state index in [9.17, 15) is 0 Å². The van der Waals surface area contributed by atoms with Crippen molar-refractivity contribution >= 4 is 11.8 Å². The van der Waals surface area contributed by atoms with Crippen molar-refractivity contribution in [3.05, 3.63) is 35.9 Å². The van der Waals surface area contributed by atoms with Crippen LogP contribution in [-0.4, -0.2) is 24.6 Å². The van der Waals surface area contributed by atoms with Crippen LogP contribution in [0.3, 0.4) is 0 Å². The number of benzene rings is 1. The third-order valence-corrected chi connectivity index (χ3v) is 4.56. The SMILES string of the molecule is CSCCCCCNC1CC(c2ccccc2)C1. The summed E-state index contributed by atoms with van der Waals surface area (Å²) in [5, 5.41) is 3.69. The van der Waals surface area contributed by atoms with Crippen molar-refractivity contribution < 1.29 is 0 Å². The number of hydrogen-bond donors (Lipinski definition) is 1. The maximum absolute atomic E-state index is 3.69. The first-order valence-electron chi connectivity index (χ1n) is 7.17. The van der Waals surface area contributed by atoms with Gasteiger partial charge in [-0.3, -0.25) is 0 Å². The number of thioether (sulfide) groups is 1. The van der Waals surface area contributed by atoms with Gasteiger partial charge in [0.25, 0.3) is 0 Å². The van der Waals surface area contributed by atoms with Gasteiger partial charge in [-0.25, -0.2) is 0 Å². The first-order valence-corrected chi connectivity index (χ1v) is 8.57. The van der Waals surface area contributed by atoms with Crippen LogP contribution in [0.15, 0.2) is 30.3 Å². The lowest BCUT2D eigenvalue weighted by molar-refractivity contribution is 0.290. The second-order valence-electron chi connectivity index (χ2n) is 5.28. The van der Waals surface area contributed by atoms with Crippen LogP contribution >= 0.6 is 11.8 Å². The van der Waals surface area contributed by atoms with Crippen molar-refractivity contribution in [1.82, 2.24) is 5.32 Å². The van der Waals surface area contributed by atoms with E-state index in [-0.39, 0.29) is 0 Å². The molecule has 0 spiro atoms. The summed E-state index contributed by atoms with van der Waals surface area (Å²) in [5.74, 6) is 2.12. The van der Waals surface area contributed by atoms with E-state index >= 15 is 0 Å². The zero-order valence-corrected chi connectivity index (χ0v) is 12.2. The lowest BCUT2D eigenvalue weighted by Gasteiger charge is -2.36. The number of unbranched alkanes of at least 4 members (excludes halogenated alkanes) is 2. The summed E-state index contributed by atoms with van der Waals surface area (Å²) in [5.41, 5.74) is 1.52. The number of hydrogen-bond acceptors (Lipinski definition) is 2. The molecule has 1 aromatic rings. The molecule has 100 valence electrons. The molecular formula is C16H25NS. The highest BCUT2D eigenvalue weighted by Crippen LogP contribution is 2.36. The highest BCUT2D eigenvalue weighted by molar-refractivity contribution is 7.98. The maximum Gasteiger partial charge on any atom is 0.00787 e. The highest BCUT2D eigenvalue weighted by atomic mass is 32.2. The molecule has 0 bridgehead atoms. The van der Waals surface area contributed by atoms with Gasteiger partial charge >= 0.3 is 0 Å². The van der Waals surface area contributed by atoms with E-state index in [1.54, 1.807) is 0 Å². The second kappa shape index (κ2) is 7.85. The van der Waals surface area contributed by atoms with Gasteiger partial charge in [-0.1, -0.05) is 36.8 Å². The molecule has 2 heteroatoms. The van der Waals surface area contributed by atoms with Gasteiger partial charge in [0.1, 0.15) is 0 Å². The topological polar surface area (TPSA) is 12.0 Å². The Bertz CT molecular complexity index is 319. The van der Waals surface area contributed by atoms with Crippen molar-refractivity contribution in [3.8, 4) is 0 Å². The first kappa shape index (κ1) is 14.0. The molecule has 18 heavy (non-hydrogen) atoms. The minimum atomic E-state index is 0.774. The fraction of sp³-hybridized carbons (Fsp3) is 0.625. The molecule has 0 atom stereocenters. The van der Waals surface area contributed by atoms with Crippen LogP contribution in [0.1, 0.15) is 43.6 Å². The molecule has 0 heterocycles. The summed E-state index contributed by atoms with van der Waals surface area (Å²) in [6.07, 6.45) is 8.94. The number of rotatable bonds is 8. The van der Waals surface area contributed by atoms with Crippen LogP contribution in [0, 0.1) is 0 Å². The normalized spacial score (nSPS) is 22.7. The summed E-state index contributed by atoms with van der Waals surface area (Å²) in [6.45, 7) is 1.21. The molecule has 1 aliphatic rings. The molecule has 0 aromatic heterocycles. The third kappa shape index (κ3) is 4.33. The molecule has 1 aliphatic carbocycles. The molecular weight excluding hydrogens is 238 g/mol. The third-order valence-electron chi connectivity index (χ3n) is 3.87. The Morgan fingerprint density at radius 3 is 2.61 bits per heavy atom. The van der Waals surface area contributed by atoms with E-state index in [2.05, 4.69) is 41.9 Å². The fourth-order valence-electron chi connectivity index (χ4n) is 2.64. The average molecular weight is 263 g/mol. The van der Waals surface area contributed by atoms with Crippen molar-refractivity contribution in [2.75, 3.05) is 18.6 Å². The van der Waals surface area contributed by atoms with Crippen LogP contribution in [0.5, 0.6) is 0 Å². The van der Waals surface area contributed by atoms with Crippen LogP contribution in [0.4, 0.5) is 0 Å². The van der Waals surface area contributed by atoms with Gasteiger partial charge in [-0.05, 0) is 55.7 Å². The van der Waals surface area contributed by atoms with Gasteiger partial charge in [0.05, 0.1) is 0 Å². The van der Waals surface area contributed by atoms with Crippen molar-refractivity contribution in [2.24, 2.45) is 0 Å². The zero-order chi connectivity index (χ0) is 12.6. The van der Waals surface area contributed by atoms with Crippen molar-refractivity contribution in [2.45, 2.75) is 44.1 Å². The summed E-state index contributed by atoms with van der Waals surface area (Å²) < 4.78 is 0. The lowest BCUT2D eigenvalue weighted by atomic mass is 9.76. The van der Waals surface area contributed by atoms with Crippen LogP contribution < -0.4 is 5.32 Å². The molecule has 0 aliphatic heterocycles. The van der Waals surface area contributed by atoms with Gasteiger partial charge in [0.15, 0.2) is 0 Å². The molecule has 1 fully saturated rings. The van der Waals surface area contributed by atoms with Crippen molar-refractivity contribution in [1.29, 1.82) is 0 Å². The number of nitrogens with one attached hydrogen (secondary N) is 1. The molecule has 2 rings (SSSR count). The summed E-state index contributed by atoms with van der Waals surface area (Å²) in [4.78, 5) is 0. The van der Waals surface area contributed by atoms with Gasteiger partial charge in [0.2, 0.25) is 0 Å². The molecule has 1 nitrogen and oxygen atoms in total. The predicted octanol–water partition coefficient (Wildman–Crippen LogP) is 4.06. The summed E-state index contributed by atoms with van der Waals surface area (Å²) >= 11 is 1.96. The smallest absolute Gasteiger partial charge is 0.00787 e. The molecule has 0 unspecified atom stereocenters. The average Bonchev–Trinajstić information content (AvgIpc) is 2.36. The lowest BCUT2D eigenvalue weighted by Crippen LogP contribution is -2.40. The van der Waals surface area contributed by atoms with Crippen LogP contribution in [0.2, 0.25) is 0 Å². The highest BCUT2D eigenvalue weighted by Gasteiger charge is 2.29. The van der Waals surface area contributed by atoms with E-state index in [0.717, 1.165) is 12.0 Å². The minimum Gasteiger partial charge on any atom is -0.314 e. The van der Waals surface area contributed by atoms with E-state index in [1.165, 1.54) is 50.0 Å². The molecule has 1 N–H and O–H groups in total. The second-order valence-corrected chi connectivity index (χ2v) is 6.27. The quantitative estimate of drug-likeness (QED) is 0.710. The Labute approximate surface area is 116 Å². The standard InChI is InChI=1S/C16H25NS/c1-18-11-7-3-6-10-17-16-12-15(13-16)14-8-4-2-5-9-14/h2,4-5,8-9,15-17H,3,6-7,10-13H2,1H3. The fourth-order valence-corrected chi connectivity index (χ4v) is 3.13. The van der Waals surface area contributed by atoms with E-state index in [0.29, 0.717) is 0 Å². The van der Waals surface area contributed by atoms with Gasteiger partial charge < -0.3 is 5.32 Å². The van der Waals surface area contributed by atoms with Crippen LogP contribution in [0.25, 0.3) is 0 Å². The maximum atomic E-state index is 3.69. The van der Waals surface area contributed by atoms with E-state index in [1.807, 2.05) is 11.8 Å². The van der Waals surface area contributed by atoms with E-state index < -0.39 is 0 Å². The first-order chi connectivity index (χ1) is 8.90. The Kier molecular flexibility index (Phi) is 6.09. The Hall–Kier alpha value is -0.470. The zero-order valence-electron chi connectivity index (χ0n) is 11.4. The van der Waals surface area contributed by atoms with E-state index in [4.69, 9.17) is 0 Å². The Balaban J connectivity index is 1.52. The van der Waals surface area contributed by atoms with Crippen molar-refractivity contribution in [3.63, 3.8) is 0 Å². The molecule has 0 saturated heterocycles. The monoisotopic (exact) mass is 263 g/mol. The molecule has 1 saturated carbocycles. The van der Waals surface area contributed by atoms with Gasteiger partial charge in [-0.2, -0.15) is 11.8 Å². The Morgan fingerprint density at radius 2 is 1.89 bits per heavy atom. The Morgan fingerprint density at radius 1 is 1.11 bits per heavy atom. The van der Waals surface area contributed by atoms with Gasteiger partial charge in [-0.15, -0.1) is 0 Å². The molecule has 0 amide bonds. The largest absolute Gasteiger partial charge is 0.314 e.